The van der Waals surface area contributed by atoms with Crippen LogP contribution in [0.2, 0.25) is 0 Å². The van der Waals surface area contributed by atoms with Crippen molar-refractivity contribution in [2.45, 2.75) is 45.6 Å². The van der Waals surface area contributed by atoms with Gasteiger partial charge in [-0.25, -0.2) is 0 Å². The lowest BCUT2D eigenvalue weighted by molar-refractivity contribution is 0.280. The third-order valence-corrected chi connectivity index (χ3v) is 3.04. The van der Waals surface area contributed by atoms with Gasteiger partial charge in [-0.1, -0.05) is 32.0 Å². The molecule has 0 amide bonds. The molecule has 16 heavy (non-hydrogen) atoms. The van der Waals surface area contributed by atoms with Gasteiger partial charge in [0.05, 0.1) is 0 Å². The van der Waals surface area contributed by atoms with Gasteiger partial charge in [0.1, 0.15) is 0 Å². The highest BCUT2D eigenvalue weighted by atomic mass is 16.2. The van der Waals surface area contributed by atoms with E-state index < -0.39 is 0 Å². The Labute approximate surface area is 98.5 Å². The number of hydrogen-bond donors (Lipinski definition) is 2. The van der Waals surface area contributed by atoms with E-state index in [9.17, 15) is 0 Å². The van der Waals surface area contributed by atoms with Gasteiger partial charge in [-0.15, -0.1) is 0 Å². The van der Waals surface area contributed by atoms with Crippen molar-refractivity contribution in [1.82, 2.24) is 0 Å². The van der Waals surface area contributed by atoms with Crippen LogP contribution in [-0.2, 0) is 0 Å². The number of rotatable bonds is 5. The highest BCUT2D eigenvalue weighted by Crippen LogP contribution is 2.24. The fraction of sp³-hybridized carbons (Fsp3) is 0.571. The summed E-state index contributed by atoms with van der Waals surface area (Å²) >= 11 is 0. The Hall–Kier alpha value is -0.860. The number of benzene rings is 1. The van der Waals surface area contributed by atoms with Crippen LogP contribution in [0.25, 0.3) is 0 Å². The van der Waals surface area contributed by atoms with E-state index in [1.54, 1.807) is 0 Å². The summed E-state index contributed by atoms with van der Waals surface area (Å²) in [5.74, 6) is 0.532. The zero-order valence-corrected chi connectivity index (χ0v) is 10.5. The minimum atomic E-state index is 0.0471. The molecule has 2 nitrogen and oxygen atoms in total. The summed E-state index contributed by atoms with van der Waals surface area (Å²) in [6.07, 6.45) is 1.62. The first kappa shape index (κ1) is 13.2. The summed E-state index contributed by atoms with van der Waals surface area (Å²) in [6, 6.07) is 6.57. The molecule has 0 spiro atoms. The molecule has 0 aliphatic carbocycles. The first-order valence-corrected chi connectivity index (χ1v) is 6.03. The molecule has 0 aliphatic rings. The fourth-order valence-electron chi connectivity index (χ4n) is 1.88. The summed E-state index contributed by atoms with van der Waals surface area (Å²) < 4.78 is 0. The number of aryl methyl sites for hydroxylation is 1. The Kier molecular flexibility index (Phi) is 4.97. The molecule has 0 saturated carbocycles. The van der Waals surface area contributed by atoms with E-state index in [4.69, 9.17) is 10.8 Å². The van der Waals surface area contributed by atoms with E-state index in [0.29, 0.717) is 5.92 Å². The van der Waals surface area contributed by atoms with Gasteiger partial charge in [0.2, 0.25) is 0 Å². The predicted molar refractivity (Wildman–Crippen MR) is 68.5 cm³/mol. The summed E-state index contributed by atoms with van der Waals surface area (Å²) in [6.45, 7) is 6.69. The summed E-state index contributed by atoms with van der Waals surface area (Å²) in [5, 5.41) is 8.82. The molecule has 1 aromatic carbocycles. The highest BCUT2D eigenvalue weighted by Gasteiger charge is 2.10. The Morgan fingerprint density at radius 1 is 1.31 bits per heavy atom. The molecule has 0 bridgehead atoms. The van der Waals surface area contributed by atoms with Crippen molar-refractivity contribution in [2.75, 3.05) is 6.61 Å². The Bertz CT molecular complexity index is 334. The quantitative estimate of drug-likeness (QED) is 0.803. The molecule has 1 aromatic rings. The average Bonchev–Trinajstić information content (AvgIpc) is 2.26. The Morgan fingerprint density at radius 3 is 2.56 bits per heavy atom. The maximum atomic E-state index is 8.82. The third kappa shape index (κ3) is 3.32. The number of nitrogens with two attached hydrogens (primary N) is 1. The first-order chi connectivity index (χ1) is 7.56. The van der Waals surface area contributed by atoms with E-state index in [-0.39, 0.29) is 12.6 Å². The molecule has 0 aromatic heterocycles. The Morgan fingerprint density at radius 2 is 2.00 bits per heavy atom. The van der Waals surface area contributed by atoms with Crippen LogP contribution in [0.4, 0.5) is 0 Å². The van der Waals surface area contributed by atoms with Crippen LogP contribution >= 0.6 is 0 Å². The topological polar surface area (TPSA) is 46.2 Å². The van der Waals surface area contributed by atoms with Crippen molar-refractivity contribution in [3.05, 3.63) is 34.9 Å². The summed E-state index contributed by atoms with van der Waals surface area (Å²) in [5.41, 5.74) is 9.94. The molecule has 0 heterocycles. The highest BCUT2D eigenvalue weighted by molar-refractivity contribution is 5.34. The smallest absolute Gasteiger partial charge is 0.0431 e. The van der Waals surface area contributed by atoms with Gasteiger partial charge >= 0.3 is 0 Å². The number of aliphatic hydroxyl groups is 1. The molecule has 0 aliphatic heterocycles. The molecule has 0 radical (unpaired) electrons. The van der Waals surface area contributed by atoms with Gasteiger partial charge in [0.25, 0.3) is 0 Å². The maximum absolute atomic E-state index is 8.82. The van der Waals surface area contributed by atoms with Crippen LogP contribution in [0, 0.1) is 6.92 Å². The largest absolute Gasteiger partial charge is 0.396 e. The molecule has 2 heteroatoms. The average molecular weight is 221 g/mol. The molecule has 90 valence electrons. The molecular formula is C14H23NO. The van der Waals surface area contributed by atoms with Gasteiger partial charge in [-0.3, -0.25) is 0 Å². The van der Waals surface area contributed by atoms with Crippen LogP contribution in [0.1, 0.15) is 55.3 Å². The molecule has 0 saturated heterocycles. The number of hydrogen-bond acceptors (Lipinski definition) is 2. The SMILES string of the molecule is Cc1ccc(C(C)C)cc1C(N)CCCO. The van der Waals surface area contributed by atoms with E-state index in [1.165, 1.54) is 16.7 Å². The lowest BCUT2D eigenvalue weighted by atomic mass is 9.93. The predicted octanol–water partition coefficient (Wildman–Crippen LogP) is 2.89. The van der Waals surface area contributed by atoms with Crippen molar-refractivity contribution in [3.8, 4) is 0 Å². The second-order valence-corrected chi connectivity index (χ2v) is 4.74. The molecule has 3 N–H and O–H groups in total. The van der Waals surface area contributed by atoms with Crippen molar-refractivity contribution >= 4 is 0 Å². The minimum Gasteiger partial charge on any atom is -0.396 e. The fourth-order valence-corrected chi connectivity index (χ4v) is 1.88. The summed E-state index contributed by atoms with van der Waals surface area (Å²) in [7, 11) is 0. The molecule has 1 atom stereocenters. The third-order valence-electron chi connectivity index (χ3n) is 3.04. The standard InChI is InChI=1S/C14H23NO/c1-10(2)12-7-6-11(3)13(9-12)14(15)5-4-8-16/h6-7,9-10,14,16H,4-5,8,15H2,1-3H3. The lowest BCUT2D eigenvalue weighted by Crippen LogP contribution is -2.13. The van der Waals surface area contributed by atoms with Crippen molar-refractivity contribution < 1.29 is 5.11 Å². The molecular weight excluding hydrogens is 198 g/mol. The van der Waals surface area contributed by atoms with Crippen LogP contribution in [0.3, 0.4) is 0 Å². The van der Waals surface area contributed by atoms with E-state index in [0.717, 1.165) is 12.8 Å². The van der Waals surface area contributed by atoms with Gasteiger partial charge < -0.3 is 10.8 Å². The molecule has 0 fully saturated rings. The second kappa shape index (κ2) is 6.02. The van der Waals surface area contributed by atoms with Gasteiger partial charge in [-0.2, -0.15) is 0 Å². The van der Waals surface area contributed by atoms with Gasteiger partial charge in [0, 0.05) is 12.6 Å². The van der Waals surface area contributed by atoms with Crippen molar-refractivity contribution in [2.24, 2.45) is 5.73 Å². The monoisotopic (exact) mass is 221 g/mol. The normalized spacial score (nSPS) is 13.1. The summed E-state index contributed by atoms with van der Waals surface area (Å²) in [4.78, 5) is 0. The zero-order valence-electron chi connectivity index (χ0n) is 10.5. The minimum absolute atomic E-state index is 0.0471. The molecule has 1 unspecified atom stereocenters. The van der Waals surface area contributed by atoms with Crippen LogP contribution in [-0.4, -0.2) is 11.7 Å². The van der Waals surface area contributed by atoms with Crippen molar-refractivity contribution in [1.29, 1.82) is 0 Å². The number of aliphatic hydroxyl groups excluding tert-OH is 1. The first-order valence-electron chi connectivity index (χ1n) is 6.03. The van der Waals surface area contributed by atoms with E-state index in [1.807, 2.05) is 0 Å². The van der Waals surface area contributed by atoms with E-state index >= 15 is 0 Å². The van der Waals surface area contributed by atoms with Crippen molar-refractivity contribution in [3.63, 3.8) is 0 Å². The second-order valence-electron chi connectivity index (χ2n) is 4.74. The zero-order chi connectivity index (χ0) is 12.1. The van der Waals surface area contributed by atoms with Gasteiger partial charge in [-0.05, 0) is 42.4 Å². The Balaban J connectivity index is 2.88. The van der Waals surface area contributed by atoms with Crippen LogP contribution in [0.5, 0.6) is 0 Å². The van der Waals surface area contributed by atoms with Crippen LogP contribution in [0.15, 0.2) is 18.2 Å². The lowest BCUT2D eigenvalue weighted by Gasteiger charge is -2.17. The van der Waals surface area contributed by atoms with Gasteiger partial charge in [0.15, 0.2) is 0 Å². The van der Waals surface area contributed by atoms with Crippen LogP contribution < -0.4 is 5.73 Å². The maximum Gasteiger partial charge on any atom is 0.0431 e. The van der Waals surface area contributed by atoms with E-state index in [2.05, 4.69) is 39.0 Å². The molecule has 1 rings (SSSR count).